The molecule has 26 heavy (non-hydrogen) atoms. The Bertz CT molecular complexity index is 788. The van der Waals surface area contributed by atoms with Crippen LogP contribution in [-0.2, 0) is 14.8 Å². The van der Waals surface area contributed by atoms with Gasteiger partial charge in [-0.15, -0.1) is 0 Å². The fraction of sp³-hybridized carbons (Fsp3) is 0.389. The molecule has 0 fully saturated rings. The zero-order chi connectivity index (χ0) is 19.2. The van der Waals surface area contributed by atoms with Gasteiger partial charge in [-0.05, 0) is 36.6 Å². The van der Waals surface area contributed by atoms with Gasteiger partial charge in [-0.25, -0.2) is 12.7 Å². The van der Waals surface area contributed by atoms with E-state index in [2.05, 4.69) is 0 Å². The Balaban J connectivity index is 2.32. The molecule has 1 aliphatic heterocycles. The molecule has 0 bridgehead atoms. The molecule has 2 rings (SSSR count). The molecular weight excluding hydrogens is 358 g/mol. The SMILES string of the molecule is CCCOc1c(OC)cc(/C=C/S(=O)(=O)N2CCC=CC2=O)cc1OC. The predicted octanol–water partition coefficient (Wildman–Crippen LogP) is 2.58. The number of ether oxygens (including phenoxy) is 3. The summed E-state index contributed by atoms with van der Waals surface area (Å²) in [6, 6.07) is 3.30. The lowest BCUT2D eigenvalue weighted by Gasteiger charge is -2.21. The summed E-state index contributed by atoms with van der Waals surface area (Å²) in [6.07, 6.45) is 5.65. The Kier molecular flexibility index (Phi) is 6.68. The van der Waals surface area contributed by atoms with Crippen LogP contribution in [0.15, 0.2) is 29.7 Å². The van der Waals surface area contributed by atoms with Crippen molar-refractivity contribution in [1.82, 2.24) is 4.31 Å². The maximum absolute atomic E-state index is 12.4. The van der Waals surface area contributed by atoms with E-state index in [-0.39, 0.29) is 6.54 Å². The molecule has 1 amide bonds. The Hall–Kier alpha value is -2.48. The van der Waals surface area contributed by atoms with Gasteiger partial charge in [0.1, 0.15) is 0 Å². The van der Waals surface area contributed by atoms with Gasteiger partial charge in [-0.2, -0.15) is 0 Å². The van der Waals surface area contributed by atoms with Crippen LogP contribution >= 0.6 is 0 Å². The molecule has 7 nitrogen and oxygen atoms in total. The standard InChI is InChI=1S/C18H23NO6S/c1-4-10-25-18-15(23-2)12-14(13-16(18)24-3)8-11-26(21,22)19-9-6-5-7-17(19)20/h5,7-8,11-13H,4,6,9-10H2,1-3H3/b11-8+. The molecule has 0 spiro atoms. The minimum Gasteiger partial charge on any atom is -0.493 e. The molecule has 0 atom stereocenters. The first kappa shape index (κ1) is 19.8. The smallest absolute Gasteiger partial charge is 0.259 e. The van der Waals surface area contributed by atoms with Gasteiger partial charge in [0.15, 0.2) is 11.5 Å². The summed E-state index contributed by atoms with van der Waals surface area (Å²) in [5.41, 5.74) is 0.547. The minimum atomic E-state index is -3.86. The molecule has 0 unspecified atom stereocenters. The maximum atomic E-state index is 12.4. The van der Waals surface area contributed by atoms with Crippen LogP contribution in [0.5, 0.6) is 17.2 Å². The number of benzene rings is 1. The highest BCUT2D eigenvalue weighted by atomic mass is 32.2. The molecule has 1 aromatic rings. The van der Waals surface area contributed by atoms with Gasteiger partial charge in [-0.1, -0.05) is 13.0 Å². The molecular formula is C18H23NO6S. The van der Waals surface area contributed by atoms with Crippen molar-refractivity contribution in [3.8, 4) is 17.2 Å². The maximum Gasteiger partial charge on any atom is 0.259 e. The van der Waals surface area contributed by atoms with E-state index in [4.69, 9.17) is 14.2 Å². The van der Waals surface area contributed by atoms with Crippen molar-refractivity contribution in [3.05, 3.63) is 35.3 Å². The Morgan fingerprint density at radius 3 is 2.38 bits per heavy atom. The van der Waals surface area contributed by atoms with Gasteiger partial charge in [-0.3, -0.25) is 4.79 Å². The molecule has 0 saturated heterocycles. The van der Waals surface area contributed by atoms with Crippen molar-refractivity contribution in [2.45, 2.75) is 19.8 Å². The van der Waals surface area contributed by atoms with Crippen molar-refractivity contribution in [2.75, 3.05) is 27.4 Å². The molecule has 0 aliphatic carbocycles. The van der Waals surface area contributed by atoms with Crippen molar-refractivity contribution in [2.24, 2.45) is 0 Å². The number of rotatable bonds is 8. The van der Waals surface area contributed by atoms with Crippen molar-refractivity contribution in [1.29, 1.82) is 0 Å². The van der Waals surface area contributed by atoms with E-state index in [1.54, 1.807) is 18.2 Å². The van der Waals surface area contributed by atoms with E-state index in [1.165, 1.54) is 26.4 Å². The monoisotopic (exact) mass is 381 g/mol. The average molecular weight is 381 g/mol. The topological polar surface area (TPSA) is 82.1 Å². The minimum absolute atomic E-state index is 0.137. The Morgan fingerprint density at radius 1 is 1.19 bits per heavy atom. The molecule has 0 radical (unpaired) electrons. The number of hydrogen-bond donors (Lipinski definition) is 0. The van der Waals surface area contributed by atoms with Gasteiger partial charge in [0.05, 0.1) is 26.2 Å². The molecule has 142 valence electrons. The molecule has 1 aromatic carbocycles. The van der Waals surface area contributed by atoms with E-state index in [0.29, 0.717) is 35.8 Å². The van der Waals surface area contributed by atoms with Crippen LogP contribution in [0.2, 0.25) is 0 Å². The number of hydrogen-bond acceptors (Lipinski definition) is 6. The number of carbonyl (C=O) groups is 1. The third-order valence-corrected chi connectivity index (χ3v) is 5.14. The molecule has 1 aliphatic rings. The second-order valence-corrected chi connectivity index (χ2v) is 7.30. The summed E-state index contributed by atoms with van der Waals surface area (Å²) in [5.74, 6) is 0.797. The lowest BCUT2D eigenvalue weighted by atomic mass is 10.2. The van der Waals surface area contributed by atoms with Crippen LogP contribution in [0.1, 0.15) is 25.3 Å². The van der Waals surface area contributed by atoms with Crippen LogP contribution < -0.4 is 14.2 Å². The highest BCUT2D eigenvalue weighted by molar-refractivity contribution is 7.92. The van der Waals surface area contributed by atoms with Crippen LogP contribution in [0.4, 0.5) is 0 Å². The summed E-state index contributed by atoms with van der Waals surface area (Å²) in [7, 11) is -0.862. The Morgan fingerprint density at radius 2 is 1.85 bits per heavy atom. The zero-order valence-electron chi connectivity index (χ0n) is 15.1. The molecule has 0 aromatic heterocycles. The van der Waals surface area contributed by atoms with Crippen LogP contribution in [0, 0.1) is 0 Å². The number of sulfonamides is 1. The lowest BCUT2D eigenvalue weighted by Crippen LogP contribution is -2.36. The third kappa shape index (κ3) is 4.57. The van der Waals surface area contributed by atoms with E-state index >= 15 is 0 Å². The summed E-state index contributed by atoms with van der Waals surface area (Å²) in [6.45, 7) is 2.62. The first-order chi connectivity index (χ1) is 12.4. The molecule has 0 N–H and O–H groups in total. The zero-order valence-corrected chi connectivity index (χ0v) is 15.9. The predicted molar refractivity (Wildman–Crippen MR) is 98.8 cm³/mol. The van der Waals surface area contributed by atoms with Gasteiger partial charge in [0, 0.05) is 12.6 Å². The van der Waals surface area contributed by atoms with Gasteiger partial charge in [0.25, 0.3) is 15.9 Å². The second-order valence-electron chi connectivity index (χ2n) is 5.55. The van der Waals surface area contributed by atoms with Crippen molar-refractivity contribution in [3.63, 3.8) is 0 Å². The molecule has 0 saturated carbocycles. The first-order valence-electron chi connectivity index (χ1n) is 8.23. The van der Waals surface area contributed by atoms with Crippen LogP contribution in [0.25, 0.3) is 6.08 Å². The fourth-order valence-electron chi connectivity index (χ4n) is 2.40. The van der Waals surface area contributed by atoms with E-state index in [9.17, 15) is 13.2 Å². The van der Waals surface area contributed by atoms with E-state index < -0.39 is 15.9 Å². The van der Waals surface area contributed by atoms with Gasteiger partial charge in [0.2, 0.25) is 5.75 Å². The summed E-state index contributed by atoms with van der Waals surface area (Å²) in [4.78, 5) is 11.8. The highest BCUT2D eigenvalue weighted by Gasteiger charge is 2.25. The van der Waals surface area contributed by atoms with Crippen LogP contribution in [0.3, 0.4) is 0 Å². The summed E-state index contributed by atoms with van der Waals surface area (Å²) < 4.78 is 41.9. The van der Waals surface area contributed by atoms with Gasteiger partial charge < -0.3 is 14.2 Å². The Labute approximate surface area is 153 Å². The molecule has 1 heterocycles. The average Bonchev–Trinajstić information content (AvgIpc) is 2.64. The molecule has 8 heteroatoms. The summed E-state index contributed by atoms with van der Waals surface area (Å²) in [5, 5.41) is 1.00. The van der Waals surface area contributed by atoms with E-state index in [0.717, 1.165) is 16.1 Å². The van der Waals surface area contributed by atoms with Gasteiger partial charge >= 0.3 is 0 Å². The number of amides is 1. The third-order valence-electron chi connectivity index (χ3n) is 3.68. The van der Waals surface area contributed by atoms with E-state index in [1.807, 2.05) is 6.92 Å². The lowest BCUT2D eigenvalue weighted by molar-refractivity contribution is -0.121. The first-order valence-corrected chi connectivity index (χ1v) is 9.73. The largest absolute Gasteiger partial charge is 0.493 e. The van der Waals surface area contributed by atoms with Crippen LogP contribution in [-0.4, -0.2) is 46.0 Å². The second kappa shape index (κ2) is 8.75. The number of methoxy groups -OCH3 is 2. The normalized spacial score (nSPS) is 14.7. The number of nitrogens with zero attached hydrogens (tertiary/aromatic N) is 1. The fourth-order valence-corrected chi connectivity index (χ4v) is 3.55. The summed E-state index contributed by atoms with van der Waals surface area (Å²) >= 11 is 0. The highest BCUT2D eigenvalue weighted by Crippen LogP contribution is 2.39. The quantitative estimate of drug-likeness (QED) is 0.688. The van der Waals surface area contributed by atoms with Crippen molar-refractivity contribution >= 4 is 22.0 Å². The number of carbonyl (C=O) groups excluding carboxylic acids is 1. The van der Waals surface area contributed by atoms with Crippen molar-refractivity contribution < 1.29 is 27.4 Å².